The molecule has 1 fully saturated rings. The van der Waals surface area contributed by atoms with Gasteiger partial charge in [0.1, 0.15) is 0 Å². The fraction of sp³-hybridized carbons (Fsp3) is 0.722. The van der Waals surface area contributed by atoms with Crippen molar-refractivity contribution in [3.8, 4) is 0 Å². The average molecular weight is 291 g/mol. The molecule has 0 spiro atoms. The van der Waals surface area contributed by atoms with Crippen LogP contribution >= 0.6 is 0 Å². The van der Waals surface area contributed by atoms with E-state index in [1.165, 1.54) is 69.9 Å². The van der Waals surface area contributed by atoms with Gasteiger partial charge in [0.05, 0.1) is 5.71 Å². The maximum absolute atomic E-state index is 7.95. The first-order valence-corrected chi connectivity index (χ1v) is 8.56. The van der Waals surface area contributed by atoms with E-state index in [-0.39, 0.29) is 0 Å². The lowest BCUT2D eigenvalue weighted by atomic mass is 10.0. The van der Waals surface area contributed by atoms with Gasteiger partial charge in [-0.2, -0.15) is 0 Å². The van der Waals surface area contributed by atoms with Gasteiger partial charge < -0.3 is 16.0 Å². The maximum Gasteiger partial charge on any atom is 0.0582 e. The highest BCUT2D eigenvalue weighted by Crippen LogP contribution is 2.15. The van der Waals surface area contributed by atoms with Crippen LogP contribution in [0.3, 0.4) is 0 Å². The standard InChI is InChI=1S/C18H33N3/c1-3-17(14-18(20)16(2)15-19)10-6-4-7-11-21-12-8-5-9-13-21/h14-15,20H,3-13,19H2,1-2H3/b16-15-,17-14-,20-18?. The summed E-state index contributed by atoms with van der Waals surface area (Å²) in [5.74, 6) is 0. The van der Waals surface area contributed by atoms with Gasteiger partial charge in [0, 0.05) is 0 Å². The Labute approximate surface area is 130 Å². The van der Waals surface area contributed by atoms with Gasteiger partial charge in [0.25, 0.3) is 0 Å². The lowest BCUT2D eigenvalue weighted by molar-refractivity contribution is 0.224. The Hall–Kier alpha value is -1.09. The smallest absolute Gasteiger partial charge is 0.0582 e. The van der Waals surface area contributed by atoms with Crippen molar-refractivity contribution in [1.29, 1.82) is 5.41 Å². The first kappa shape index (κ1) is 18.0. The molecule has 0 aromatic heterocycles. The van der Waals surface area contributed by atoms with Gasteiger partial charge in [0.15, 0.2) is 0 Å². The van der Waals surface area contributed by atoms with Crippen molar-refractivity contribution in [1.82, 2.24) is 4.90 Å². The number of likely N-dealkylation sites (tertiary alicyclic amines) is 1. The maximum atomic E-state index is 7.95. The second-order valence-electron chi connectivity index (χ2n) is 6.13. The highest BCUT2D eigenvalue weighted by atomic mass is 15.1. The summed E-state index contributed by atoms with van der Waals surface area (Å²) < 4.78 is 0. The van der Waals surface area contributed by atoms with Crippen LogP contribution in [0.15, 0.2) is 23.4 Å². The predicted octanol–water partition coefficient (Wildman–Crippen LogP) is 4.25. The SMILES string of the molecule is CC/C(=C/C(=N)/C(C)=C\N)CCCCCN1CCCCC1. The van der Waals surface area contributed by atoms with Crippen LogP contribution in [0.1, 0.15) is 65.2 Å². The molecule has 0 aromatic carbocycles. The van der Waals surface area contributed by atoms with Crippen LogP contribution in [0.25, 0.3) is 0 Å². The number of hydrogen-bond acceptors (Lipinski definition) is 3. The molecule has 1 rings (SSSR count). The summed E-state index contributed by atoms with van der Waals surface area (Å²) >= 11 is 0. The van der Waals surface area contributed by atoms with E-state index < -0.39 is 0 Å². The Morgan fingerprint density at radius 1 is 1.14 bits per heavy atom. The molecule has 0 amide bonds. The van der Waals surface area contributed by atoms with Crippen LogP contribution in [-0.2, 0) is 0 Å². The molecule has 21 heavy (non-hydrogen) atoms. The normalized spacial score (nSPS) is 18.0. The Bertz CT molecular complexity index is 363. The predicted molar refractivity (Wildman–Crippen MR) is 92.8 cm³/mol. The number of nitrogens with zero attached hydrogens (tertiary/aromatic N) is 1. The summed E-state index contributed by atoms with van der Waals surface area (Å²) in [5, 5.41) is 7.95. The van der Waals surface area contributed by atoms with Crippen molar-refractivity contribution >= 4 is 5.71 Å². The van der Waals surface area contributed by atoms with Gasteiger partial charge in [-0.25, -0.2) is 0 Å². The number of piperidine rings is 1. The van der Waals surface area contributed by atoms with Crippen molar-refractivity contribution in [3.05, 3.63) is 23.4 Å². The second kappa shape index (κ2) is 10.6. The number of nitrogens with one attached hydrogen (secondary N) is 1. The van der Waals surface area contributed by atoms with E-state index in [9.17, 15) is 0 Å². The van der Waals surface area contributed by atoms with Crippen LogP contribution in [-0.4, -0.2) is 30.2 Å². The van der Waals surface area contributed by atoms with Crippen LogP contribution in [0.5, 0.6) is 0 Å². The first-order valence-electron chi connectivity index (χ1n) is 8.56. The van der Waals surface area contributed by atoms with Crippen molar-refractivity contribution < 1.29 is 0 Å². The minimum atomic E-state index is 0.558. The molecule has 1 heterocycles. The van der Waals surface area contributed by atoms with E-state index >= 15 is 0 Å². The molecule has 0 atom stereocenters. The van der Waals surface area contributed by atoms with E-state index in [1.807, 2.05) is 13.0 Å². The molecule has 0 aromatic rings. The summed E-state index contributed by atoms with van der Waals surface area (Å²) in [5.41, 5.74) is 8.25. The highest BCUT2D eigenvalue weighted by Gasteiger charge is 2.08. The minimum Gasteiger partial charge on any atom is -0.404 e. The summed E-state index contributed by atoms with van der Waals surface area (Å²) in [7, 11) is 0. The average Bonchev–Trinajstić information content (AvgIpc) is 2.53. The summed E-state index contributed by atoms with van der Waals surface area (Å²) in [6, 6.07) is 0. The van der Waals surface area contributed by atoms with Crippen LogP contribution in [0.4, 0.5) is 0 Å². The van der Waals surface area contributed by atoms with Gasteiger partial charge in [-0.05, 0) is 82.9 Å². The third-order valence-corrected chi connectivity index (χ3v) is 4.40. The van der Waals surface area contributed by atoms with Gasteiger partial charge >= 0.3 is 0 Å². The lowest BCUT2D eigenvalue weighted by Crippen LogP contribution is -2.30. The second-order valence-corrected chi connectivity index (χ2v) is 6.13. The molecule has 1 aliphatic rings. The Balaban J connectivity index is 2.19. The lowest BCUT2D eigenvalue weighted by Gasteiger charge is -2.26. The molecule has 1 saturated heterocycles. The Kier molecular flexibility index (Phi) is 9.07. The molecule has 0 radical (unpaired) electrons. The van der Waals surface area contributed by atoms with Gasteiger partial charge in [0.2, 0.25) is 0 Å². The molecular formula is C18H33N3. The quantitative estimate of drug-likeness (QED) is 0.493. The fourth-order valence-electron chi connectivity index (χ4n) is 2.81. The molecule has 0 saturated carbocycles. The van der Waals surface area contributed by atoms with Gasteiger partial charge in [-0.15, -0.1) is 0 Å². The molecule has 0 bridgehead atoms. The molecule has 3 N–H and O–H groups in total. The van der Waals surface area contributed by atoms with E-state index in [0.29, 0.717) is 5.71 Å². The van der Waals surface area contributed by atoms with Crippen molar-refractivity contribution in [2.24, 2.45) is 5.73 Å². The van der Waals surface area contributed by atoms with Crippen molar-refractivity contribution in [2.75, 3.05) is 19.6 Å². The number of nitrogens with two attached hydrogens (primary N) is 1. The van der Waals surface area contributed by atoms with E-state index in [1.54, 1.807) is 0 Å². The van der Waals surface area contributed by atoms with Crippen LogP contribution in [0, 0.1) is 5.41 Å². The van der Waals surface area contributed by atoms with E-state index in [0.717, 1.165) is 18.4 Å². The molecule has 120 valence electrons. The number of hydrogen-bond donors (Lipinski definition) is 2. The number of unbranched alkanes of at least 4 members (excludes halogenated alkanes) is 2. The van der Waals surface area contributed by atoms with Crippen LogP contribution in [0.2, 0.25) is 0 Å². The molecule has 0 unspecified atom stereocenters. The minimum absolute atomic E-state index is 0.558. The van der Waals surface area contributed by atoms with Crippen LogP contribution < -0.4 is 5.73 Å². The monoisotopic (exact) mass is 291 g/mol. The number of allylic oxidation sites excluding steroid dienone is 3. The van der Waals surface area contributed by atoms with E-state index in [4.69, 9.17) is 11.1 Å². The zero-order valence-electron chi connectivity index (χ0n) is 14.0. The topological polar surface area (TPSA) is 53.1 Å². The third-order valence-electron chi connectivity index (χ3n) is 4.40. The summed E-state index contributed by atoms with van der Waals surface area (Å²) in [6.45, 7) is 7.96. The zero-order chi connectivity index (χ0) is 15.5. The molecule has 0 aliphatic carbocycles. The molecule has 1 aliphatic heterocycles. The first-order chi connectivity index (χ1) is 10.2. The van der Waals surface area contributed by atoms with Crippen molar-refractivity contribution in [2.45, 2.75) is 65.2 Å². The summed E-state index contributed by atoms with van der Waals surface area (Å²) in [6.07, 6.45) is 13.7. The van der Waals surface area contributed by atoms with E-state index in [2.05, 4.69) is 11.8 Å². The van der Waals surface area contributed by atoms with Crippen molar-refractivity contribution in [3.63, 3.8) is 0 Å². The Morgan fingerprint density at radius 2 is 1.86 bits per heavy atom. The Morgan fingerprint density at radius 3 is 2.48 bits per heavy atom. The van der Waals surface area contributed by atoms with Gasteiger partial charge in [-0.3, -0.25) is 0 Å². The molecule has 3 nitrogen and oxygen atoms in total. The zero-order valence-corrected chi connectivity index (χ0v) is 14.0. The highest BCUT2D eigenvalue weighted by molar-refractivity contribution is 6.05. The third kappa shape index (κ3) is 7.47. The largest absolute Gasteiger partial charge is 0.404 e. The fourth-order valence-corrected chi connectivity index (χ4v) is 2.81. The molecular weight excluding hydrogens is 258 g/mol. The van der Waals surface area contributed by atoms with Gasteiger partial charge in [-0.1, -0.05) is 25.3 Å². The molecule has 3 heteroatoms. The summed E-state index contributed by atoms with van der Waals surface area (Å²) in [4.78, 5) is 2.62. The number of rotatable bonds is 9.